The van der Waals surface area contributed by atoms with Crippen LogP contribution in [0.5, 0.6) is 0 Å². The normalized spacial score (nSPS) is 10.1. The highest BCUT2D eigenvalue weighted by atomic mass is 35.5. The van der Waals surface area contributed by atoms with Gasteiger partial charge in [0.25, 0.3) is 0 Å². The second-order valence-corrected chi connectivity index (χ2v) is 5.24. The van der Waals surface area contributed by atoms with Gasteiger partial charge in [-0.25, -0.2) is 0 Å². The van der Waals surface area contributed by atoms with Crippen LogP contribution in [0.4, 0.5) is 5.69 Å². The molecule has 0 radical (unpaired) electrons. The molecule has 3 nitrogen and oxygen atoms in total. The van der Waals surface area contributed by atoms with Crippen molar-refractivity contribution in [3.8, 4) is 0 Å². The maximum Gasteiger partial charge on any atom is 0.239 e. The first kappa shape index (κ1) is 15.4. The Balaban J connectivity index is 1.60. The summed E-state index contributed by atoms with van der Waals surface area (Å²) in [5, 5.41) is 6.65. The molecule has 0 heterocycles. The fourth-order valence-electron chi connectivity index (χ4n) is 1.98. The molecule has 2 N–H and O–H groups in total. The maximum absolute atomic E-state index is 11.7. The van der Waals surface area contributed by atoms with E-state index in [4.69, 9.17) is 11.6 Å². The quantitative estimate of drug-likeness (QED) is 0.769. The predicted molar refractivity (Wildman–Crippen MR) is 87.7 cm³/mol. The van der Waals surface area contributed by atoms with Crippen molar-refractivity contribution >= 4 is 23.2 Å². The molecule has 0 spiro atoms. The van der Waals surface area contributed by atoms with Crippen molar-refractivity contribution in [2.45, 2.75) is 12.8 Å². The van der Waals surface area contributed by atoms with Crippen LogP contribution in [0, 0.1) is 0 Å². The van der Waals surface area contributed by atoms with E-state index in [1.807, 2.05) is 30.3 Å². The number of carbonyl (C=O) groups is 1. The number of nitrogens with one attached hydrogen (secondary N) is 2. The maximum atomic E-state index is 11.7. The molecule has 0 aliphatic rings. The van der Waals surface area contributed by atoms with Gasteiger partial charge in [-0.1, -0.05) is 41.9 Å². The molecule has 0 atom stereocenters. The summed E-state index contributed by atoms with van der Waals surface area (Å²) in [5.41, 5.74) is 2.19. The lowest BCUT2D eigenvalue weighted by Crippen LogP contribution is -2.30. The number of hydrogen-bond acceptors (Lipinski definition) is 2. The number of benzene rings is 2. The van der Waals surface area contributed by atoms with Gasteiger partial charge < -0.3 is 10.6 Å². The molecule has 2 aromatic carbocycles. The van der Waals surface area contributed by atoms with Crippen molar-refractivity contribution in [3.05, 3.63) is 65.2 Å². The zero-order valence-corrected chi connectivity index (χ0v) is 12.6. The Kier molecular flexibility index (Phi) is 6.10. The van der Waals surface area contributed by atoms with E-state index in [9.17, 15) is 4.79 Å². The van der Waals surface area contributed by atoms with Crippen LogP contribution in [0.15, 0.2) is 54.6 Å². The third-order valence-electron chi connectivity index (χ3n) is 3.10. The fraction of sp³-hybridized carbons (Fsp3) is 0.235. The summed E-state index contributed by atoms with van der Waals surface area (Å²) in [4.78, 5) is 11.7. The summed E-state index contributed by atoms with van der Waals surface area (Å²) in [6.07, 6.45) is 1.92. The highest BCUT2D eigenvalue weighted by Crippen LogP contribution is 2.12. The van der Waals surface area contributed by atoms with Crippen molar-refractivity contribution in [3.63, 3.8) is 0 Å². The topological polar surface area (TPSA) is 41.1 Å². The van der Waals surface area contributed by atoms with Gasteiger partial charge in [-0.2, -0.15) is 0 Å². The molecule has 0 aliphatic heterocycles. The number of aryl methyl sites for hydroxylation is 1. The van der Waals surface area contributed by atoms with Gasteiger partial charge >= 0.3 is 0 Å². The van der Waals surface area contributed by atoms with E-state index in [0.717, 1.165) is 18.5 Å². The second kappa shape index (κ2) is 8.32. The Labute approximate surface area is 130 Å². The van der Waals surface area contributed by atoms with Gasteiger partial charge in [-0.05, 0) is 42.7 Å². The lowest BCUT2D eigenvalue weighted by atomic mass is 10.1. The molecule has 110 valence electrons. The van der Waals surface area contributed by atoms with E-state index < -0.39 is 0 Å². The molecule has 0 aliphatic carbocycles. The van der Waals surface area contributed by atoms with Crippen LogP contribution < -0.4 is 10.6 Å². The highest BCUT2D eigenvalue weighted by molar-refractivity contribution is 6.30. The highest BCUT2D eigenvalue weighted by Gasteiger charge is 2.00. The Hall–Kier alpha value is -2.00. The molecule has 0 unspecified atom stereocenters. The van der Waals surface area contributed by atoms with Gasteiger partial charge in [0.1, 0.15) is 0 Å². The van der Waals surface area contributed by atoms with Crippen LogP contribution in [0.2, 0.25) is 5.02 Å². The number of carbonyl (C=O) groups excluding carboxylic acids is 1. The molecular weight excluding hydrogens is 284 g/mol. The largest absolute Gasteiger partial charge is 0.376 e. The van der Waals surface area contributed by atoms with Gasteiger partial charge in [0.05, 0.1) is 6.54 Å². The van der Waals surface area contributed by atoms with Crippen molar-refractivity contribution in [1.82, 2.24) is 5.32 Å². The zero-order chi connectivity index (χ0) is 14.9. The third kappa shape index (κ3) is 5.88. The summed E-state index contributed by atoms with van der Waals surface area (Å²) in [6, 6.07) is 17.6. The van der Waals surface area contributed by atoms with Crippen molar-refractivity contribution in [2.24, 2.45) is 0 Å². The molecule has 0 saturated carbocycles. The summed E-state index contributed by atoms with van der Waals surface area (Å²) < 4.78 is 0. The van der Waals surface area contributed by atoms with Crippen molar-refractivity contribution in [2.75, 3.05) is 18.4 Å². The van der Waals surface area contributed by atoms with Gasteiger partial charge in [-0.15, -0.1) is 0 Å². The van der Waals surface area contributed by atoms with Gasteiger partial charge in [0.2, 0.25) is 5.91 Å². The molecule has 0 bridgehead atoms. The Morgan fingerprint density at radius 1 is 1.00 bits per heavy atom. The summed E-state index contributed by atoms with van der Waals surface area (Å²) >= 11 is 5.80. The molecule has 0 aromatic heterocycles. The van der Waals surface area contributed by atoms with E-state index in [1.165, 1.54) is 5.56 Å². The number of amides is 1. The predicted octanol–water partition coefficient (Wildman–Crippen LogP) is 3.50. The summed E-state index contributed by atoms with van der Waals surface area (Å²) in [5.74, 6) is -0.00184. The molecule has 0 saturated heterocycles. The number of rotatable bonds is 7. The Morgan fingerprint density at radius 3 is 2.43 bits per heavy atom. The van der Waals surface area contributed by atoms with Gasteiger partial charge in [0.15, 0.2) is 0 Å². The van der Waals surface area contributed by atoms with Crippen LogP contribution in [-0.2, 0) is 11.2 Å². The fourth-order valence-corrected chi connectivity index (χ4v) is 2.10. The zero-order valence-electron chi connectivity index (χ0n) is 11.8. The first-order chi connectivity index (χ1) is 10.2. The minimum Gasteiger partial charge on any atom is -0.376 e. The first-order valence-electron chi connectivity index (χ1n) is 7.04. The van der Waals surface area contributed by atoms with E-state index in [0.29, 0.717) is 11.6 Å². The average Bonchev–Trinajstić information content (AvgIpc) is 2.52. The number of anilines is 1. The van der Waals surface area contributed by atoms with E-state index >= 15 is 0 Å². The van der Waals surface area contributed by atoms with E-state index in [-0.39, 0.29) is 12.5 Å². The summed E-state index contributed by atoms with van der Waals surface area (Å²) in [6.45, 7) is 0.961. The molecule has 1 amide bonds. The van der Waals surface area contributed by atoms with Gasteiger partial charge in [-0.3, -0.25) is 4.79 Å². The van der Waals surface area contributed by atoms with Crippen LogP contribution >= 0.6 is 11.6 Å². The van der Waals surface area contributed by atoms with Crippen LogP contribution in [0.3, 0.4) is 0 Å². The third-order valence-corrected chi connectivity index (χ3v) is 3.36. The van der Waals surface area contributed by atoms with Crippen LogP contribution in [-0.4, -0.2) is 19.0 Å². The first-order valence-corrected chi connectivity index (χ1v) is 7.42. The molecule has 21 heavy (non-hydrogen) atoms. The smallest absolute Gasteiger partial charge is 0.239 e. The minimum atomic E-state index is -0.00184. The molecule has 2 rings (SSSR count). The lowest BCUT2D eigenvalue weighted by Gasteiger charge is -2.08. The SMILES string of the molecule is O=C(CNc1ccc(Cl)cc1)NCCCc1ccccc1. The van der Waals surface area contributed by atoms with Crippen molar-refractivity contribution in [1.29, 1.82) is 0 Å². The van der Waals surface area contributed by atoms with E-state index in [1.54, 1.807) is 12.1 Å². The number of hydrogen-bond donors (Lipinski definition) is 2. The number of halogens is 1. The van der Waals surface area contributed by atoms with Crippen molar-refractivity contribution < 1.29 is 4.79 Å². The summed E-state index contributed by atoms with van der Waals surface area (Å²) in [7, 11) is 0. The standard InChI is InChI=1S/C17H19ClN2O/c18-15-8-10-16(11-9-15)20-13-17(21)19-12-4-7-14-5-2-1-3-6-14/h1-3,5-6,8-11,20H,4,7,12-13H2,(H,19,21). The minimum absolute atomic E-state index is 0.00184. The second-order valence-electron chi connectivity index (χ2n) is 4.80. The molecule has 0 fully saturated rings. The Morgan fingerprint density at radius 2 is 1.71 bits per heavy atom. The average molecular weight is 303 g/mol. The molecular formula is C17H19ClN2O. The van der Waals surface area contributed by atoms with E-state index in [2.05, 4.69) is 22.8 Å². The molecule has 2 aromatic rings. The lowest BCUT2D eigenvalue weighted by molar-refractivity contribution is -0.119. The molecule has 4 heteroatoms. The monoisotopic (exact) mass is 302 g/mol. The van der Waals surface area contributed by atoms with Crippen LogP contribution in [0.25, 0.3) is 0 Å². The van der Waals surface area contributed by atoms with Gasteiger partial charge in [0, 0.05) is 17.3 Å². The Bertz CT molecular complexity index is 555. The van der Waals surface area contributed by atoms with Crippen LogP contribution in [0.1, 0.15) is 12.0 Å².